The van der Waals surface area contributed by atoms with Gasteiger partial charge in [-0.2, -0.15) is 0 Å². The highest BCUT2D eigenvalue weighted by atomic mass is 32.2. The summed E-state index contributed by atoms with van der Waals surface area (Å²) in [6, 6.07) is 12.1. The number of hydrogen-bond acceptors (Lipinski definition) is 4. The van der Waals surface area contributed by atoms with E-state index in [0.717, 1.165) is 23.7 Å². The first kappa shape index (κ1) is 24.2. The van der Waals surface area contributed by atoms with Crippen LogP contribution in [0.1, 0.15) is 36.5 Å². The quantitative estimate of drug-likeness (QED) is 0.430. The smallest absolute Gasteiger partial charge is 0.293 e. The maximum absolute atomic E-state index is 14.1. The van der Waals surface area contributed by atoms with Gasteiger partial charge in [-0.15, -0.1) is 0 Å². The van der Waals surface area contributed by atoms with Crippen LogP contribution in [0.5, 0.6) is 0 Å². The largest absolute Gasteiger partial charge is 0.463 e. The molecule has 0 spiro atoms. The molecule has 0 bridgehead atoms. The van der Waals surface area contributed by atoms with E-state index in [1.165, 1.54) is 18.2 Å². The number of anilines is 1. The summed E-state index contributed by atoms with van der Waals surface area (Å²) in [4.78, 5) is 12.9. The van der Waals surface area contributed by atoms with Crippen molar-refractivity contribution in [1.82, 2.24) is 4.31 Å². The molecule has 2 aromatic rings. The number of nitrogens with zero attached hydrogens (tertiary/aromatic N) is 2. The van der Waals surface area contributed by atoms with Crippen molar-refractivity contribution >= 4 is 27.7 Å². The van der Waals surface area contributed by atoms with Crippen molar-refractivity contribution in [2.45, 2.75) is 50.2 Å². The first-order valence-corrected chi connectivity index (χ1v) is 12.2. The van der Waals surface area contributed by atoms with Gasteiger partial charge >= 0.3 is 0 Å². The number of piperidine rings is 1. The van der Waals surface area contributed by atoms with Crippen LogP contribution < -0.4 is 4.90 Å². The third-order valence-electron chi connectivity index (χ3n) is 6.01. The minimum absolute atomic E-state index is 0.103. The van der Waals surface area contributed by atoms with Crippen LogP contribution in [0.3, 0.4) is 0 Å². The Morgan fingerprint density at radius 1 is 1.25 bits per heavy atom. The summed E-state index contributed by atoms with van der Waals surface area (Å²) in [5.74, 6) is 0.785. The highest BCUT2D eigenvalue weighted by molar-refractivity contribution is 7.98. The Balaban J connectivity index is 1.77. The molecular weight excluding hydrogens is 434 g/mol. The van der Waals surface area contributed by atoms with Gasteiger partial charge in [0.1, 0.15) is 6.61 Å². The van der Waals surface area contributed by atoms with Crippen molar-refractivity contribution < 1.29 is 22.5 Å². The lowest BCUT2D eigenvalue weighted by Gasteiger charge is -2.39. The fraction of sp³-hybridized carbons (Fsp3) is 0.417. The van der Waals surface area contributed by atoms with Gasteiger partial charge in [-0.05, 0) is 37.8 Å². The molecule has 0 aliphatic carbocycles. The molecule has 1 aliphatic heterocycles. The Labute approximate surface area is 189 Å². The molecule has 1 saturated heterocycles. The molecule has 0 N–H and O–H groups in total. The normalized spacial score (nSPS) is 17.5. The summed E-state index contributed by atoms with van der Waals surface area (Å²) >= 11 is 0. The number of carbonyl (C=O) groups is 1. The molecule has 5 nitrogen and oxygen atoms in total. The molecule has 1 atom stereocenters. The van der Waals surface area contributed by atoms with Crippen molar-refractivity contribution in [3.05, 3.63) is 59.2 Å². The lowest BCUT2D eigenvalue weighted by Crippen LogP contribution is -2.46. The fourth-order valence-corrected chi connectivity index (χ4v) is 6.23. The van der Waals surface area contributed by atoms with Crippen molar-refractivity contribution in [3.8, 4) is 0 Å². The molecule has 32 heavy (non-hydrogen) atoms. The van der Waals surface area contributed by atoms with E-state index < -0.39 is 15.6 Å². The number of hydrogen-bond donors (Lipinski definition) is 0. The van der Waals surface area contributed by atoms with Gasteiger partial charge in [0.2, 0.25) is 0 Å². The third kappa shape index (κ3) is 5.13. The monoisotopic (exact) mass is 464 g/mol. The molecule has 1 heterocycles. The Kier molecular flexibility index (Phi) is 7.25. The topological polar surface area (TPSA) is 49.9 Å². The van der Waals surface area contributed by atoms with Crippen LogP contribution in [0.25, 0.3) is 0 Å². The summed E-state index contributed by atoms with van der Waals surface area (Å²) in [6.07, 6.45) is 1.41. The molecule has 2 aromatic carbocycles. The lowest BCUT2D eigenvalue weighted by molar-refractivity contribution is -0.129. The molecule has 0 aromatic heterocycles. The highest BCUT2D eigenvalue weighted by Crippen LogP contribution is 2.35. The van der Waals surface area contributed by atoms with E-state index >= 15 is 0 Å². The zero-order valence-electron chi connectivity index (χ0n) is 18.7. The first-order chi connectivity index (χ1) is 15.1. The molecule has 3 rings (SSSR count). The molecule has 0 amide bonds. The average molecular weight is 465 g/mol. The van der Waals surface area contributed by atoms with E-state index in [4.69, 9.17) is 4.74 Å². The van der Waals surface area contributed by atoms with E-state index in [2.05, 4.69) is 10.8 Å². The fourth-order valence-electron chi connectivity index (χ4n) is 4.27. The van der Waals surface area contributed by atoms with Crippen LogP contribution in [-0.4, -0.2) is 47.0 Å². The molecule has 8 heteroatoms. The van der Waals surface area contributed by atoms with Crippen LogP contribution in [0.4, 0.5) is 14.5 Å². The van der Waals surface area contributed by atoms with E-state index in [-0.39, 0.29) is 23.1 Å². The van der Waals surface area contributed by atoms with Gasteiger partial charge < -0.3 is 9.64 Å². The summed E-state index contributed by atoms with van der Waals surface area (Å²) in [5, 5.41) is 0. The molecule has 1 aliphatic rings. The predicted octanol–water partition coefficient (Wildman–Crippen LogP) is 4.37. The Morgan fingerprint density at radius 2 is 1.91 bits per heavy atom. The van der Waals surface area contributed by atoms with Crippen LogP contribution in [0.2, 0.25) is 0 Å². The minimum Gasteiger partial charge on any atom is -0.463 e. The number of carbonyl (C=O) groups excluding carboxylic acids is 1. The van der Waals surface area contributed by atoms with Crippen LogP contribution in [0, 0.1) is 6.92 Å². The Morgan fingerprint density at radius 3 is 2.53 bits per heavy atom. The molecule has 0 saturated carbocycles. The van der Waals surface area contributed by atoms with E-state index in [0.29, 0.717) is 32.4 Å². The van der Waals surface area contributed by atoms with Crippen molar-refractivity contribution in [1.29, 1.82) is 0 Å². The van der Waals surface area contributed by atoms with Crippen molar-refractivity contribution in [2.24, 2.45) is 0 Å². The SMILES string of the molecule is C=S(=O)(c1ccccc1C(C)(F)F)N1CCC(N(C)c2ccc(C)cc2COC=O)CC1. The van der Waals surface area contributed by atoms with Gasteiger partial charge in [0, 0.05) is 49.9 Å². The predicted molar refractivity (Wildman–Crippen MR) is 125 cm³/mol. The van der Waals surface area contributed by atoms with E-state index in [1.54, 1.807) is 10.4 Å². The van der Waals surface area contributed by atoms with Gasteiger partial charge in [-0.25, -0.2) is 17.3 Å². The number of benzene rings is 2. The molecular formula is C24H30F2N2O3S. The third-order valence-corrected chi connectivity index (χ3v) is 8.26. The second-order valence-electron chi connectivity index (χ2n) is 8.34. The van der Waals surface area contributed by atoms with Gasteiger partial charge in [0.05, 0.1) is 14.6 Å². The lowest BCUT2D eigenvalue weighted by atomic mass is 10.0. The van der Waals surface area contributed by atoms with Gasteiger partial charge in [-0.1, -0.05) is 35.9 Å². The molecule has 174 valence electrons. The Hall–Kier alpha value is -2.45. The summed E-state index contributed by atoms with van der Waals surface area (Å²) < 4.78 is 48.5. The molecule has 1 unspecified atom stereocenters. The maximum Gasteiger partial charge on any atom is 0.293 e. The highest BCUT2D eigenvalue weighted by Gasteiger charge is 2.34. The Bertz CT molecular complexity index is 1060. The van der Waals surface area contributed by atoms with Crippen LogP contribution in [-0.2, 0) is 31.8 Å². The zero-order valence-corrected chi connectivity index (χ0v) is 19.5. The number of halogens is 2. The van der Waals surface area contributed by atoms with Gasteiger partial charge in [0.25, 0.3) is 12.4 Å². The standard InChI is InChI=1S/C24H30F2N2O3S/c1-18-9-10-22(19(15-18)16-31-17-29)27(3)20-11-13-28(14-12-20)32(4,30)23-8-6-5-7-21(23)24(2,25)26/h5-10,15,17,20H,4,11-14,16H2,1-3H3. The summed E-state index contributed by atoms with van der Waals surface area (Å²) in [7, 11) is -1.05. The maximum atomic E-state index is 14.1. The number of ether oxygens (including phenoxy) is 1. The van der Waals surface area contributed by atoms with E-state index in [9.17, 15) is 17.8 Å². The molecule has 0 radical (unpaired) electrons. The zero-order chi connectivity index (χ0) is 23.5. The second kappa shape index (κ2) is 9.58. The van der Waals surface area contributed by atoms with Crippen LogP contribution in [0.15, 0.2) is 47.4 Å². The van der Waals surface area contributed by atoms with Crippen molar-refractivity contribution in [2.75, 3.05) is 25.0 Å². The average Bonchev–Trinajstić information content (AvgIpc) is 2.77. The summed E-state index contributed by atoms with van der Waals surface area (Å²) in [6.45, 7) is 4.39. The minimum atomic E-state index is -3.10. The number of alkyl halides is 2. The van der Waals surface area contributed by atoms with Crippen LogP contribution >= 0.6 is 0 Å². The van der Waals surface area contributed by atoms with Gasteiger partial charge in [-0.3, -0.25) is 4.79 Å². The number of rotatable bonds is 8. The molecule has 1 fully saturated rings. The first-order valence-electron chi connectivity index (χ1n) is 10.5. The summed E-state index contributed by atoms with van der Waals surface area (Å²) in [5.41, 5.74) is 2.73. The van der Waals surface area contributed by atoms with Gasteiger partial charge in [0.15, 0.2) is 0 Å². The van der Waals surface area contributed by atoms with Crippen molar-refractivity contribution in [3.63, 3.8) is 0 Å². The second-order valence-corrected chi connectivity index (χ2v) is 10.6. The number of aryl methyl sites for hydroxylation is 1. The van der Waals surface area contributed by atoms with E-state index in [1.807, 2.05) is 32.2 Å².